The van der Waals surface area contributed by atoms with Crippen molar-refractivity contribution in [3.63, 3.8) is 0 Å². The number of aliphatic hydroxyl groups is 2. The van der Waals surface area contributed by atoms with Crippen molar-refractivity contribution in [2.24, 2.45) is 53.3 Å². The average molecular weight is 1920 g/mol. The summed E-state index contributed by atoms with van der Waals surface area (Å²) in [6.07, 6.45) is 25.1. The first kappa shape index (κ1) is 101. The molecule has 29 heteroatoms. The first-order valence-electron chi connectivity index (χ1n) is 36.8. The number of aliphatic hydroxyl groups excluding tert-OH is 2. The molecule has 618 valence electrons. The number of pyridine rings is 5. The van der Waals surface area contributed by atoms with Crippen LogP contribution < -0.4 is 17.2 Å². The number of ketones is 1. The number of imide groups is 1. The molecule has 25 nitrogen and oxygen atoms in total. The van der Waals surface area contributed by atoms with Crippen molar-refractivity contribution in [3.8, 4) is 0 Å². The Labute approximate surface area is 696 Å². The number of anilines is 3. The van der Waals surface area contributed by atoms with Crippen molar-refractivity contribution in [2.75, 3.05) is 17.2 Å². The molecule has 111 heavy (non-hydrogen) atoms. The van der Waals surface area contributed by atoms with E-state index in [0.717, 1.165) is 84.8 Å². The number of nitro groups is 1. The minimum absolute atomic E-state index is 0. The molecule has 6 aliphatic rings. The average Bonchev–Trinajstić information content (AvgIpc) is 1.62. The summed E-state index contributed by atoms with van der Waals surface area (Å²) in [5, 5.41) is 38.4. The SMILES string of the molecule is C.C.C.CC(=O)Cc1cnccc1C1C[C@@H](C)C(O)[C@@H](C)C1.CC(=O)O.CC(=O)OC1[C@H](C)CC(c2ccncc2N)C[C@@H]1C.CC(=O)OC1[C@H](C)CC(c2ccncc2N)C[C@@H]1C.C[C@@H]1C=C(c2ccncc2[N+](=O)[O-])C[C@H](C)[C@H]1O.C[C@H]1C[C@@H](c2ccncc2N)C[C@@H]2[C@H]1OC(=O)N2C(=O)OC(C)(C)C.[I][V]([I])[I]. The molecule has 4 saturated carbocycles. The summed E-state index contributed by atoms with van der Waals surface area (Å²) in [4.78, 5) is 99.0. The molecule has 6 unspecified atom stereocenters. The van der Waals surface area contributed by atoms with E-state index < -0.39 is 28.7 Å². The van der Waals surface area contributed by atoms with Crippen LogP contribution in [-0.2, 0) is 49.5 Å². The number of amides is 2. The van der Waals surface area contributed by atoms with Crippen LogP contribution in [0.2, 0.25) is 0 Å². The summed E-state index contributed by atoms with van der Waals surface area (Å²) in [6.45, 7) is 29.7. The number of aromatic nitrogens is 5. The summed E-state index contributed by atoms with van der Waals surface area (Å²) >= 11 is 7.39. The molecule has 0 radical (unpaired) electrons. The van der Waals surface area contributed by atoms with Crippen molar-refractivity contribution in [1.29, 1.82) is 0 Å². The molecule has 5 aromatic heterocycles. The molecule has 9 N–H and O–H groups in total. The molecule has 0 bridgehead atoms. The molecule has 1 saturated heterocycles. The number of Topliss-reactive ketones (excluding diaryl/α,β-unsaturated/α-hetero) is 1. The van der Waals surface area contributed by atoms with Crippen LogP contribution in [-0.4, -0.2) is 128 Å². The molecular weight excluding hydrogens is 1800 g/mol. The van der Waals surface area contributed by atoms with Gasteiger partial charge in [-0.05, 0) is 220 Å². The Bertz CT molecular complexity index is 3710. The molecule has 19 atom stereocenters. The van der Waals surface area contributed by atoms with E-state index in [4.69, 9.17) is 46.0 Å². The van der Waals surface area contributed by atoms with E-state index in [-0.39, 0.29) is 111 Å². The topological polar surface area (TPSA) is 389 Å². The molecule has 5 aliphatic carbocycles. The normalized spacial score (nSPS) is 27.5. The van der Waals surface area contributed by atoms with E-state index in [1.165, 1.54) is 36.7 Å². The van der Waals surface area contributed by atoms with Gasteiger partial charge in [0.15, 0.2) is 0 Å². The van der Waals surface area contributed by atoms with Crippen LogP contribution in [0, 0.1) is 63.4 Å². The number of carbonyl (C=O) groups is 6. The predicted molar refractivity (Wildman–Crippen MR) is 459 cm³/mol. The second-order valence-electron chi connectivity index (χ2n) is 31.0. The van der Waals surface area contributed by atoms with Gasteiger partial charge in [-0.1, -0.05) is 90.7 Å². The third kappa shape index (κ3) is 31.2. The van der Waals surface area contributed by atoms with E-state index in [1.54, 1.807) is 83.3 Å². The minimum atomic E-state index is -0.833. The molecule has 0 aromatic carbocycles. The number of allylic oxidation sites excluding steroid dienone is 1. The number of nitrogens with zero attached hydrogens (tertiary/aromatic N) is 7. The van der Waals surface area contributed by atoms with Gasteiger partial charge in [-0.15, -0.1) is 0 Å². The van der Waals surface area contributed by atoms with Crippen LogP contribution in [0.3, 0.4) is 0 Å². The number of carboxylic acid groups (broad SMARTS) is 1. The summed E-state index contributed by atoms with van der Waals surface area (Å²) in [6, 6.07) is 9.28. The fourth-order valence-corrected chi connectivity index (χ4v) is 16.2. The van der Waals surface area contributed by atoms with Crippen LogP contribution in [0.5, 0.6) is 0 Å². The molecule has 5 aromatic rings. The van der Waals surface area contributed by atoms with Gasteiger partial charge in [-0.3, -0.25) is 54.2 Å². The van der Waals surface area contributed by atoms with E-state index in [0.29, 0.717) is 83.8 Å². The van der Waals surface area contributed by atoms with Crippen LogP contribution in [0.25, 0.3) is 5.57 Å². The van der Waals surface area contributed by atoms with Crippen molar-refractivity contribution < 1.29 is 72.9 Å². The molecular formula is C82H124I3N10O15V. The summed E-state index contributed by atoms with van der Waals surface area (Å²) < 4.78 is 21.8. The Morgan fingerprint density at radius 3 is 1.32 bits per heavy atom. The molecule has 2 amide bonds. The van der Waals surface area contributed by atoms with E-state index in [1.807, 2.05) is 57.3 Å². The summed E-state index contributed by atoms with van der Waals surface area (Å²) in [5.74, 6) is 2.66. The molecule has 0 spiro atoms. The number of fused-ring (bicyclic) bond motifs is 1. The third-order valence-electron chi connectivity index (χ3n) is 20.7. The van der Waals surface area contributed by atoms with Crippen LogP contribution >= 0.6 is 59.9 Å². The number of nitrogen functional groups attached to an aromatic ring is 3. The van der Waals surface area contributed by atoms with Gasteiger partial charge < -0.3 is 51.5 Å². The zero-order chi connectivity index (χ0) is 80.8. The zero-order valence-electron chi connectivity index (χ0n) is 65.0. The fourth-order valence-electron chi connectivity index (χ4n) is 16.2. The molecule has 6 heterocycles. The number of aliphatic carboxylic acids is 1. The van der Waals surface area contributed by atoms with Gasteiger partial charge in [0.05, 0.1) is 64.4 Å². The Hall–Kier alpha value is -6.20. The second kappa shape index (κ2) is 47.6. The molecule has 1 aliphatic heterocycles. The van der Waals surface area contributed by atoms with Crippen molar-refractivity contribution in [2.45, 2.75) is 263 Å². The van der Waals surface area contributed by atoms with Gasteiger partial charge in [-0.2, -0.15) is 0 Å². The second-order valence-corrected chi connectivity index (χ2v) is 66.3. The number of esters is 2. The van der Waals surface area contributed by atoms with Gasteiger partial charge >= 0.3 is 89.0 Å². The maximum absolute atomic E-state index is 12.5. The predicted octanol–water partition coefficient (Wildman–Crippen LogP) is 18.6. The van der Waals surface area contributed by atoms with Gasteiger partial charge in [0.1, 0.15) is 35.9 Å². The van der Waals surface area contributed by atoms with Crippen LogP contribution in [0.4, 0.5) is 32.3 Å². The van der Waals surface area contributed by atoms with Gasteiger partial charge in [-0.25, -0.2) is 14.5 Å². The van der Waals surface area contributed by atoms with Crippen LogP contribution in [0.15, 0.2) is 98.4 Å². The number of hydrogen-bond acceptors (Lipinski definition) is 22. The van der Waals surface area contributed by atoms with Crippen molar-refractivity contribution >= 4 is 124 Å². The number of ether oxygens (including phenoxy) is 4. The third-order valence-corrected chi connectivity index (χ3v) is 20.7. The summed E-state index contributed by atoms with van der Waals surface area (Å²) in [7, 11) is 0. The van der Waals surface area contributed by atoms with E-state index in [2.05, 4.69) is 126 Å². The standard InChI is InChI=1S/C18H25N3O4.C16H23NO2.2C15H22N2O2.C13H16N2O3.C2H4O2.3CH4.3HI.V/c1-10-7-11(12-5-6-20-9-13(12)19)8-14-15(10)24-16(22)21(14)17(23)25-18(2,3)4;1-10-6-13(7-11(2)16(10)19)15-4-5-17-9-14(15)8-12(3)18;2*1-9-6-12(13-4-5-17-8-14(13)16)7-10(2)15(9)19-11(3)18;1-8-5-10(6-9(2)13(8)16)11-3-4-14-7-12(11)15(17)18;1-2(3)4;;;;;;;/h5-6,9-11,14-15H,7-8,19H2,1-4H3;4-5,9-11,13,16,19H,6-8H2,1-3H3;2*4-5,8-10,12,15H,6-7,16H2,1-3H3;3-5,7-9,13,16H,6H2,1-2H3;1H3,(H,3,4);3*1H4;3*1H;/q;;;;;;;;;;;;+3/p-3/t10-,11+,14+,15-;10-,11+,13?,16?;2*9-,10+,12?,15?;8-,9+,13+;;;;;;;;/m0...1......../s1. The number of carboxylic acids is 1. The number of carbonyl (C=O) groups excluding carboxylic acids is 5. The molecule has 11 rings (SSSR count). The monoisotopic (exact) mass is 1920 g/mol. The first-order valence-corrected chi connectivity index (χ1v) is 50.3. The van der Waals surface area contributed by atoms with Crippen LogP contribution in [0.1, 0.15) is 248 Å². The number of nitrogens with two attached hydrogens (primary N) is 3. The Kier molecular flexibility index (Phi) is 43.3. The van der Waals surface area contributed by atoms with Gasteiger partial charge in [0, 0.05) is 70.3 Å². The quantitative estimate of drug-likeness (QED) is 0.0249. The Morgan fingerprint density at radius 2 is 0.937 bits per heavy atom. The molecule has 5 fully saturated rings. The number of halogens is 3. The number of hydrogen-bond donors (Lipinski definition) is 6. The van der Waals surface area contributed by atoms with E-state index in [9.17, 15) is 44.3 Å². The first-order chi connectivity index (χ1) is 50.6. The van der Waals surface area contributed by atoms with Crippen molar-refractivity contribution in [3.05, 3.63) is 142 Å². The Balaban J connectivity index is 0.000000458. The zero-order valence-corrected chi connectivity index (χ0v) is 72.8. The number of rotatable bonds is 10. The van der Waals surface area contributed by atoms with Gasteiger partial charge in [0.25, 0.3) is 11.7 Å². The van der Waals surface area contributed by atoms with Gasteiger partial charge in [0.2, 0.25) is 0 Å². The fraction of sp³-hybridized carbons (Fsp3) is 0.598. The Morgan fingerprint density at radius 1 is 0.577 bits per heavy atom. The van der Waals surface area contributed by atoms with E-state index >= 15 is 0 Å². The summed E-state index contributed by atoms with van der Waals surface area (Å²) in [5.41, 5.74) is 26.8. The van der Waals surface area contributed by atoms with Crippen molar-refractivity contribution in [1.82, 2.24) is 29.8 Å². The maximum atomic E-state index is 12.5.